The van der Waals surface area contributed by atoms with Gasteiger partial charge in [-0.1, -0.05) is 0 Å². The van der Waals surface area contributed by atoms with Gasteiger partial charge in [-0.3, -0.25) is 0 Å². The fourth-order valence-electron chi connectivity index (χ4n) is 9.54. The number of alkyl halides is 5. The van der Waals surface area contributed by atoms with Crippen LogP contribution in [0.15, 0.2) is 0 Å². The van der Waals surface area contributed by atoms with Crippen molar-refractivity contribution in [2.24, 2.45) is 47.3 Å². The molecule has 1 heterocycles. The SMILES string of the molecule is C1C2CC3CC1CC(C2)C31[I+]C12C1CC3CC(C1)CC2C3.O.O=S(=O)([O-])C(F)(F)F. The summed E-state index contributed by atoms with van der Waals surface area (Å²) in [6, 6.07) is 0. The van der Waals surface area contributed by atoms with Gasteiger partial charge >= 0.3 is 5.51 Å². The predicted octanol–water partition coefficient (Wildman–Crippen LogP) is 0.706. The van der Waals surface area contributed by atoms with Crippen molar-refractivity contribution < 1.29 is 52.8 Å². The molecule has 0 aromatic carbocycles. The van der Waals surface area contributed by atoms with Gasteiger partial charge < -0.3 is 10.0 Å². The zero-order chi connectivity index (χ0) is 20.4. The maximum atomic E-state index is 10.7. The van der Waals surface area contributed by atoms with E-state index in [2.05, 4.69) is 0 Å². The van der Waals surface area contributed by atoms with Crippen LogP contribution < -0.4 is 21.2 Å². The molecule has 9 heteroatoms. The molecule has 0 aromatic rings. The average molecular weight is 562 g/mol. The minimum absolute atomic E-state index is 0. The highest BCUT2D eigenvalue weighted by Crippen LogP contribution is 2.69. The molecular formula is C21H30F3IO4S. The molecule has 9 fully saturated rings. The maximum Gasteiger partial charge on any atom is 0.485 e. The standard InChI is InChI=1S/C20H28I.CHF3O3S.H2O/c1-11-3-15-5-12(1)6-16(4-11)19(15)20(21-19)17-7-13-2-14(9-17)10-18(20)8-13;2-1(3,4)8(5,6)7;/h11-18H,1-10H2;(H,5,6,7);1H2/q+1;;/p-1. The van der Waals surface area contributed by atoms with E-state index in [1.54, 1.807) is 64.2 Å². The molecule has 0 aromatic heterocycles. The molecule has 0 unspecified atom stereocenters. The molecule has 1 aliphatic heterocycles. The summed E-state index contributed by atoms with van der Waals surface area (Å²) < 4.78 is 61.0. The van der Waals surface area contributed by atoms with Crippen molar-refractivity contribution in [3.8, 4) is 0 Å². The van der Waals surface area contributed by atoms with Crippen LogP contribution in [0, 0.1) is 47.3 Å². The third kappa shape index (κ3) is 2.85. The Hall–Kier alpha value is 0.390. The Kier molecular flexibility index (Phi) is 4.97. The van der Waals surface area contributed by atoms with Crippen molar-refractivity contribution in [1.29, 1.82) is 0 Å². The first kappa shape index (κ1) is 22.2. The maximum absolute atomic E-state index is 10.7. The number of rotatable bonds is 0. The Balaban J connectivity index is 0.000000188. The van der Waals surface area contributed by atoms with Crippen molar-refractivity contribution in [2.75, 3.05) is 0 Å². The first-order chi connectivity index (χ1) is 13.5. The van der Waals surface area contributed by atoms with Crippen molar-refractivity contribution in [1.82, 2.24) is 0 Å². The molecule has 0 atom stereocenters. The fourth-order valence-corrected chi connectivity index (χ4v) is 16.4. The Bertz CT molecular complexity index is 725. The van der Waals surface area contributed by atoms with E-state index >= 15 is 0 Å². The van der Waals surface area contributed by atoms with Crippen LogP contribution in [0.3, 0.4) is 0 Å². The topological polar surface area (TPSA) is 88.7 Å². The van der Waals surface area contributed by atoms with Gasteiger partial charge in [0.05, 0.1) is 0 Å². The minimum Gasteiger partial charge on any atom is -0.741 e. The van der Waals surface area contributed by atoms with Gasteiger partial charge in [-0.25, -0.2) is 8.42 Å². The van der Waals surface area contributed by atoms with Crippen LogP contribution in [0.2, 0.25) is 0 Å². The lowest BCUT2D eigenvalue weighted by Gasteiger charge is -2.57. The summed E-state index contributed by atoms with van der Waals surface area (Å²) in [6.07, 6.45) is 16.9. The van der Waals surface area contributed by atoms with E-state index in [0.717, 1.165) is 6.84 Å². The largest absolute Gasteiger partial charge is 0.741 e. The number of hydrogen-bond donors (Lipinski definition) is 0. The summed E-state index contributed by atoms with van der Waals surface area (Å²) in [5.74, 6) is 9.76. The van der Waals surface area contributed by atoms with Gasteiger partial charge in [0.1, 0.15) is 0 Å². The van der Waals surface area contributed by atoms with Crippen LogP contribution in [-0.4, -0.2) is 30.8 Å². The Morgan fingerprint density at radius 2 is 0.900 bits per heavy atom. The van der Waals surface area contributed by atoms with E-state index < -0.39 is 15.6 Å². The molecule has 2 N–H and O–H groups in total. The number of hydrogen-bond acceptors (Lipinski definition) is 3. The normalized spacial score (nSPS) is 54.1. The summed E-state index contributed by atoms with van der Waals surface area (Å²) in [4.78, 5) is 0. The fraction of sp³-hybridized carbons (Fsp3) is 1.00. The van der Waals surface area contributed by atoms with Crippen LogP contribution in [0.4, 0.5) is 13.2 Å². The Morgan fingerprint density at radius 1 is 0.667 bits per heavy atom. The van der Waals surface area contributed by atoms with E-state index in [-0.39, 0.29) is 5.48 Å². The lowest BCUT2D eigenvalue weighted by molar-refractivity contribution is -0.590. The lowest BCUT2D eigenvalue weighted by atomic mass is 9.42. The predicted molar refractivity (Wildman–Crippen MR) is 98.9 cm³/mol. The molecule has 0 radical (unpaired) electrons. The van der Waals surface area contributed by atoms with Crippen molar-refractivity contribution >= 4 is 10.1 Å². The molecule has 4 nitrogen and oxygen atoms in total. The summed E-state index contributed by atoms with van der Waals surface area (Å²) in [7, 11) is -6.09. The molecule has 0 amide bonds. The van der Waals surface area contributed by atoms with Gasteiger partial charge in [0.25, 0.3) is 21.2 Å². The Morgan fingerprint density at radius 3 is 1.10 bits per heavy atom. The molecule has 8 bridgehead atoms. The molecule has 8 aliphatic carbocycles. The number of halogens is 4. The van der Waals surface area contributed by atoms with Crippen LogP contribution in [0.5, 0.6) is 0 Å². The van der Waals surface area contributed by atoms with Gasteiger partial charge in [0.2, 0.25) is 6.84 Å². The zero-order valence-electron chi connectivity index (χ0n) is 16.8. The second-order valence-corrected chi connectivity index (χ2v) is 16.6. The van der Waals surface area contributed by atoms with Crippen molar-refractivity contribution in [3.05, 3.63) is 0 Å². The molecular weight excluding hydrogens is 532 g/mol. The second-order valence-electron chi connectivity index (χ2n) is 11.1. The molecule has 9 aliphatic rings. The molecule has 1 saturated heterocycles. The molecule has 9 rings (SSSR count). The van der Waals surface area contributed by atoms with Gasteiger partial charge in [0, 0.05) is 23.7 Å². The highest BCUT2D eigenvalue weighted by atomic mass is 127. The lowest BCUT2D eigenvalue weighted by Crippen LogP contribution is -3.54. The van der Waals surface area contributed by atoms with Gasteiger partial charge in [-0.05, 0) is 87.9 Å². The highest BCUT2D eigenvalue weighted by Gasteiger charge is 2.97. The summed E-state index contributed by atoms with van der Waals surface area (Å²) in [6.45, 7) is 0. The van der Waals surface area contributed by atoms with Crippen LogP contribution >= 0.6 is 0 Å². The van der Waals surface area contributed by atoms with Crippen LogP contribution in [-0.2, 0) is 10.1 Å². The van der Waals surface area contributed by atoms with E-state index in [1.807, 2.05) is 0 Å². The third-order valence-corrected chi connectivity index (χ3v) is 16.9. The van der Waals surface area contributed by atoms with E-state index in [1.165, 1.54) is 47.3 Å². The third-order valence-electron chi connectivity index (χ3n) is 9.80. The first-order valence-electron chi connectivity index (χ1n) is 11.2. The molecule has 8 saturated carbocycles. The smallest absolute Gasteiger partial charge is 0.485 e. The summed E-state index contributed by atoms with van der Waals surface area (Å²) in [5, 5.41) is 0. The van der Waals surface area contributed by atoms with E-state index in [9.17, 15) is 13.2 Å². The highest BCUT2D eigenvalue weighted by molar-refractivity contribution is 7.86. The minimum atomic E-state index is -6.09. The van der Waals surface area contributed by atoms with Gasteiger partial charge in [-0.15, -0.1) is 0 Å². The first-order valence-corrected chi connectivity index (χ1v) is 14.8. The Labute approximate surface area is 186 Å². The van der Waals surface area contributed by atoms with Crippen molar-refractivity contribution in [3.63, 3.8) is 0 Å². The average Bonchev–Trinajstić information content (AvgIpc) is 3.27. The quantitative estimate of drug-likeness (QED) is 0.189. The van der Waals surface area contributed by atoms with Gasteiger partial charge in [-0.2, -0.15) is 13.2 Å². The van der Waals surface area contributed by atoms with Gasteiger partial charge in [0.15, 0.2) is 10.1 Å². The summed E-state index contributed by atoms with van der Waals surface area (Å²) >= 11 is 0.555. The second kappa shape index (κ2) is 6.72. The molecule has 30 heavy (non-hydrogen) atoms. The van der Waals surface area contributed by atoms with E-state index in [0.29, 0.717) is 21.2 Å². The van der Waals surface area contributed by atoms with Crippen LogP contribution in [0.1, 0.15) is 64.2 Å². The van der Waals surface area contributed by atoms with Crippen LogP contribution in [0.25, 0.3) is 0 Å². The van der Waals surface area contributed by atoms with Crippen molar-refractivity contribution in [2.45, 2.75) is 76.6 Å². The van der Waals surface area contributed by atoms with E-state index in [4.69, 9.17) is 13.0 Å². The summed E-state index contributed by atoms with van der Waals surface area (Å²) in [5.41, 5.74) is -5.65. The molecule has 172 valence electrons. The monoisotopic (exact) mass is 562 g/mol. The molecule has 2 spiro atoms. The zero-order valence-corrected chi connectivity index (χ0v) is 19.8.